The second kappa shape index (κ2) is 8.02. The maximum Gasteiger partial charge on any atom is 0.232 e. The summed E-state index contributed by atoms with van der Waals surface area (Å²) in [4.78, 5) is 12.9. The first kappa shape index (κ1) is 19.1. The van der Waals surface area contributed by atoms with Gasteiger partial charge in [0.2, 0.25) is 5.78 Å². The fourth-order valence-corrected chi connectivity index (χ4v) is 3.49. The molecule has 1 heterocycles. The van der Waals surface area contributed by atoms with E-state index in [-0.39, 0.29) is 11.5 Å². The van der Waals surface area contributed by atoms with Crippen molar-refractivity contribution < 1.29 is 19.0 Å². The molecule has 0 spiro atoms. The molecule has 0 aliphatic carbocycles. The minimum atomic E-state index is -0.148. The summed E-state index contributed by atoms with van der Waals surface area (Å²) < 4.78 is 17.1. The Labute approximate surface area is 174 Å². The monoisotopic (exact) mass is 406 g/mol. The van der Waals surface area contributed by atoms with E-state index in [9.17, 15) is 4.79 Å². The maximum atomic E-state index is 12.9. The molecule has 146 valence electrons. The van der Waals surface area contributed by atoms with Crippen molar-refractivity contribution in [2.45, 2.75) is 13.5 Å². The molecular weight excluding hydrogens is 388 g/mol. The number of hydrogen-bond acceptors (Lipinski definition) is 4. The van der Waals surface area contributed by atoms with Gasteiger partial charge in [0.1, 0.15) is 23.9 Å². The SMILES string of the molecule is COc1ccccc1/C=C1\Oc2cc(OCc3cccc(Cl)c3)cc(C)c2C1=O. The van der Waals surface area contributed by atoms with E-state index in [1.165, 1.54) is 0 Å². The van der Waals surface area contributed by atoms with Crippen LogP contribution in [0.25, 0.3) is 6.08 Å². The molecule has 3 aromatic carbocycles. The Morgan fingerprint density at radius 1 is 1.07 bits per heavy atom. The number of ether oxygens (including phenoxy) is 3. The molecular formula is C24H19ClO4. The zero-order valence-electron chi connectivity index (χ0n) is 16.1. The van der Waals surface area contributed by atoms with Crippen molar-refractivity contribution in [3.05, 3.63) is 93.7 Å². The molecule has 0 N–H and O–H groups in total. The van der Waals surface area contributed by atoms with Crippen LogP contribution in [0.4, 0.5) is 0 Å². The van der Waals surface area contributed by atoms with Crippen LogP contribution in [-0.2, 0) is 6.61 Å². The number of allylic oxidation sites excluding steroid dienone is 1. The van der Waals surface area contributed by atoms with Gasteiger partial charge < -0.3 is 14.2 Å². The summed E-state index contributed by atoms with van der Waals surface area (Å²) in [5, 5.41) is 0.663. The predicted octanol–water partition coefficient (Wildman–Crippen LogP) is 5.85. The van der Waals surface area contributed by atoms with Crippen molar-refractivity contribution in [1.82, 2.24) is 0 Å². The second-order valence-electron chi connectivity index (χ2n) is 6.71. The van der Waals surface area contributed by atoms with Crippen LogP contribution in [0.1, 0.15) is 27.0 Å². The number of rotatable bonds is 5. The van der Waals surface area contributed by atoms with Crippen molar-refractivity contribution in [2.75, 3.05) is 7.11 Å². The third-order valence-corrected chi connectivity index (χ3v) is 4.90. The van der Waals surface area contributed by atoms with E-state index < -0.39 is 0 Å². The third-order valence-electron chi connectivity index (χ3n) is 4.66. The Hall–Kier alpha value is -3.24. The molecule has 1 aliphatic heterocycles. The highest BCUT2D eigenvalue weighted by Gasteiger charge is 2.30. The standard InChI is InChI=1S/C24H19ClO4/c1-15-10-19(28-14-16-6-5-8-18(25)11-16)13-21-23(15)24(26)22(29-21)12-17-7-3-4-9-20(17)27-2/h3-13H,14H2,1-2H3/b22-12-. The lowest BCUT2D eigenvalue weighted by atomic mass is 10.0. The van der Waals surface area contributed by atoms with E-state index in [1.807, 2.05) is 61.5 Å². The quantitative estimate of drug-likeness (QED) is 0.498. The molecule has 0 unspecified atom stereocenters. The van der Waals surface area contributed by atoms with Crippen molar-refractivity contribution in [3.63, 3.8) is 0 Å². The average molecular weight is 407 g/mol. The minimum Gasteiger partial charge on any atom is -0.496 e. The van der Waals surface area contributed by atoms with Gasteiger partial charge in [-0.15, -0.1) is 0 Å². The molecule has 0 radical (unpaired) electrons. The number of carbonyl (C=O) groups is 1. The highest BCUT2D eigenvalue weighted by atomic mass is 35.5. The van der Waals surface area contributed by atoms with Crippen LogP contribution < -0.4 is 14.2 Å². The number of benzene rings is 3. The largest absolute Gasteiger partial charge is 0.496 e. The predicted molar refractivity (Wildman–Crippen MR) is 113 cm³/mol. The molecule has 0 atom stereocenters. The van der Waals surface area contributed by atoms with Crippen LogP contribution in [0.2, 0.25) is 5.02 Å². The van der Waals surface area contributed by atoms with Crippen LogP contribution >= 0.6 is 11.6 Å². The van der Waals surface area contributed by atoms with E-state index in [1.54, 1.807) is 19.3 Å². The van der Waals surface area contributed by atoms with E-state index >= 15 is 0 Å². The maximum absolute atomic E-state index is 12.9. The lowest BCUT2D eigenvalue weighted by Gasteiger charge is -2.09. The van der Waals surface area contributed by atoms with Gasteiger partial charge in [-0.1, -0.05) is 41.9 Å². The van der Waals surface area contributed by atoms with Crippen LogP contribution in [0.3, 0.4) is 0 Å². The number of halogens is 1. The zero-order valence-corrected chi connectivity index (χ0v) is 16.8. The summed E-state index contributed by atoms with van der Waals surface area (Å²) in [5.74, 6) is 1.92. The van der Waals surface area contributed by atoms with Crippen LogP contribution in [0.15, 0.2) is 66.4 Å². The van der Waals surface area contributed by atoms with Gasteiger partial charge in [-0.25, -0.2) is 0 Å². The normalized spacial score (nSPS) is 13.9. The number of aryl methyl sites for hydroxylation is 1. The zero-order chi connectivity index (χ0) is 20.4. The molecule has 3 aromatic rings. The Morgan fingerprint density at radius 2 is 1.90 bits per heavy atom. The minimum absolute atomic E-state index is 0.148. The van der Waals surface area contributed by atoms with E-state index in [4.69, 9.17) is 25.8 Å². The number of carbonyl (C=O) groups excluding carboxylic acids is 1. The number of fused-ring (bicyclic) bond motifs is 1. The smallest absolute Gasteiger partial charge is 0.232 e. The fourth-order valence-electron chi connectivity index (χ4n) is 3.28. The highest BCUT2D eigenvalue weighted by Crippen LogP contribution is 2.38. The van der Waals surface area contributed by atoms with Gasteiger partial charge in [-0.05, 0) is 48.4 Å². The van der Waals surface area contributed by atoms with Crippen molar-refractivity contribution in [3.8, 4) is 17.2 Å². The molecule has 4 nitrogen and oxygen atoms in total. The Bertz CT molecular complexity index is 1120. The van der Waals surface area contributed by atoms with Gasteiger partial charge >= 0.3 is 0 Å². The van der Waals surface area contributed by atoms with Crippen molar-refractivity contribution in [2.24, 2.45) is 0 Å². The van der Waals surface area contributed by atoms with Gasteiger partial charge in [0, 0.05) is 16.7 Å². The molecule has 0 saturated heterocycles. The first-order valence-corrected chi connectivity index (χ1v) is 9.52. The van der Waals surface area contributed by atoms with Gasteiger partial charge in [0.15, 0.2) is 5.76 Å². The number of para-hydroxylation sites is 1. The molecule has 0 fully saturated rings. The van der Waals surface area contributed by atoms with E-state index in [2.05, 4.69) is 0 Å². The molecule has 4 rings (SSSR count). The molecule has 0 aromatic heterocycles. The first-order chi connectivity index (χ1) is 14.0. The summed E-state index contributed by atoms with van der Waals surface area (Å²) in [6.45, 7) is 2.25. The molecule has 0 amide bonds. The average Bonchev–Trinajstić information content (AvgIpc) is 3.02. The molecule has 1 aliphatic rings. The Morgan fingerprint density at radius 3 is 2.69 bits per heavy atom. The van der Waals surface area contributed by atoms with Crippen LogP contribution in [0.5, 0.6) is 17.2 Å². The van der Waals surface area contributed by atoms with Gasteiger partial charge in [-0.3, -0.25) is 4.79 Å². The van der Waals surface area contributed by atoms with Gasteiger partial charge in [-0.2, -0.15) is 0 Å². The molecule has 0 bridgehead atoms. The summed E-state index contributed by atoms with van der Waals surface area (Å²) in [5.41, 5.74) is 3.10. The fraction of sp³-hybridized carbons (Fsp3) is 0.125. The van der Waals surface area contributed by atoms with Crippen LogP contribution in [0, 0.1) is 6.92 Å². The topological polar surface area (TPSA) is 44.8 Å². The summed E-state index contributed by atoms with van der Waals surface area (Å²) in [7, 11) is 1.59. The number of methoxy groups -OCH3 is 1. The van der Waals surface area contributed by atoms with Crippen molar-refractivity contribution >= 4 is 23.5 Å². The third kappa shape index (κ3) is 3.98. The summed E-state index contributed by atoms with van der Waals surface area (Å²) in [6.07, 6.45) is 1.70. The van der Waals surface area contributed by atoms with Gasteiger partial charge in [0.25, 0.3) is 0 Å². The highest BCUT2D eigenvalue weighted by molar-refractivity contribution is 6.30. The number of ketones is 1. The Balaban J connectivity index is 1.59. The lowest BCUT2D eigenvalue weighted by molar-refractivity contribution is 0.101. The lowest BCUT2D eigenvalue weighted by Crippen LogP contribution is -2.00. The molecule has 29 heavy (non-hydrogen) atoms. The number of Topliss-reactive ketones (excluding diaryl/α,β-unsaturated/α-hetero) is 1. The van der Waals surface area contributed by atoms with Gasteiger partial charge in [0.05, 0.1) is 12.7 Å². The first-order valence-electron chi connectivity index (χ1n) is 9.14. The summed E-state index contributed by atoms with van der Waals surface area (Å²) in [6, 6.07) is 18.6. The Kier molecular flexibility index (Phi) is 5.28. The van der Waals surface area contributed by atoms with Crippen molar-refractivity contribution in [1.29, 1.82) is 0 Å². The van der Waals surface area contributed by atoms with E-state index in [0.717, 1.165) is 16.7 Å². The molecule has 5 heteroatoms. The molecule has 0 saturated carbocycles. The number of hydrogen-bond donors (Lipinski definition) is 0. The summed E-state index contributed by atoms with van der Waals surface area (Å²) >= 11 is 6.02. The second-order valence-corrected chi connectivity index (χ2v) is 7.15. The van der Waals surface area contributed by atoms with Crippen LogP contribution in [-0.4, -0.2) is 12.9 Å². The van der Waals surface area contributed by atoms with E-state index in [0.29, 0.717) is 34.4 Å².